The predicted octanol–water partition coefficient (Wildman–Crippen LogP) is 5.69. The van der Waals surface area contributed by atoms with Crippen LogP contribution < -0.4 is 4.74 Å². The molecule has 1 heterocycles. The van der Waals surface area contributed by atoms with Gasteiger partial charge in [0, 0.05) is 18.7 Å². The van der Waals surface area contributed by atoms with Crippen molar-refractivity contribution in [3.05, 3.63) is 102 Å². The minimum absolute atomic E-state index is 0.0770. The summed E-state index contributed by atoms with van der Waals surface area (Å²) in [4.78, 5) is 27.6. The molecule has 1 amide bonds. The van der Waals surface area contributed by atoms with Gasteiger partial charge in [0.1, 0.15) is 18.0 Å². The van der Waals surface area contributed by atoms with Crippen molar-refractivity contribution in [1.29, 1.82) is 0 Å². The van der Waals surface area contributed by atoms with Crippen molar-refractivity contribution in [3.8, 4) is 5.75 Å². The molecule has 0 radical (unpaired) electrons. The van der Waals surface area contributed by atoms with Gasteiger partial charge < -0.3 is 24.2 Å². The summed E-state index contributed by atoms with van der Waals surface area (Å²) in [5, 5.41) is 11.9. The van der Waals surface area contributed by atoms with Crippen molar-refractivity contribution in [1.82, 2.24) is 4.90 Å². The Kier molecular flexibility index (Phi) is 8.92. The van der Waals surface area contributed by atoms with Crippen LogP contribution in [0.5, 0.6) is 5.75 Å². The highest BCUT2D eigenvalue weighted by atomic mass is 16.6. The Morgan fingerprint density at radius 2 is 1.49 bits per heavy atom. The fourth-order valence-corrected chi connectivity index (χ4v) is 4.54. The molecule has 3 aromatic carbocycles. The molecule has 1 aliphatic rings. The van der Waals surface area contributed by atoms with Crippen molar-refractivity contribution in [3.63, 3.8) is 0 Å². The molecule has 1 fully saturated rings. The SMILES string of the molecule is CC(C)(C)OC(=O)N1CCC(COC(=O)C(O)(c2ccccc2)c2cccc(OCc3ccccc3)c2)CC1. The fraction of sp³-hybridized carbons (Fsp3) is 0.375. The lowest BCUT2D eigenvalue weighted by atomic mass is 9.86. The van der Waals surface area contributed by atoms with Crippen LogP contribution in [-0.2, 0) is 26.5 Å². The van der Waals surface area contributed by atoms with Gasteiger partial charge in [-0.1, -0.05) is 72.8 Å². The van der Waals surface area contributed by atoms with Crippen LogP contribution in [0, 0.1) is 5.92 Å². The topological polar surface area (TPSA) is 85.3 Å². The van der Waals surface area contributed by atoms with Crippen molar-refractivity contribution >= 4 is 12.1 Å². The molecule has 0 bridgehead atoms. The van der Waals surface area contributed by atoms with Crippen LogP contribution >= 0.6 is 0 Å². The van der Waals surface area contributed by atoms with Gasteiger partial charge in [0.2, 0.25) is 5.60 Å². The molecule has 206 valence electrons. The summed E-state index contributed by atoms with van der Waals surface area (Å²) in [6, 6.07) is 25.5. The largest absolute Gasteiger partial charge is 0.489 e. The third-order valence-electron chi connectivity index (χ3n) is 6.70. The zero-order chi connectivity index (χ0) is 27.9. The molecular weight excluding hydrogens is 494 g/mol. The number of likely N-dealkylation sites (tertiary alicyclic amines) is 1. The summed E-state index contributed by atoms with van der Waals surface area (Å²) in [6.45, 7) is 7.10. The molecule has 3 aromatic rings. The Bertz CT molecular complexity index is 1230. The van der Waals surface area contributed by atoms with E-state index in [0.29, 0.717) is 49.4 Å². The maximum absolute atomic E-state index is 13.5. The summed E-state index contributed by atoms with van der Waals surface area (Å²) in [5.74, 6) is -0.135. The zero-order valence-corrected chi connectivity index (χ0v) is 22.8. The molecule has 1 unspecified atom stereocenters. The molecule has 0 saturated carbocycles. The summed E-state index contributed by atoms with van der Waals surface area (Å²) in [5.41, 5.74) is -0.767. The van der Waals surface area contributed by atoms with Crippen molar-refractivity contribution in [2.24, 2.45) is 5.92 Å². The minimum Gasteiger partial charge on any atom is -0.489 e. The summed E-state index contributed by atoms with van der Waals surface area (Å²) in [7, 11) is 0. The third-order valence-corrected chi connectivity index (χ3v) is 6.70. The fourth-order valence-electron chi connectivity index (χ4n) is 4.54. The number of carbonyl (C=O) groups is 2. The first-order valence-corrected chi connectivity index (χ1v) is 13.4. The second-order valence-corrected chi connectivity index (χ2v) is 10.9. The first-order valence-electron chi connectivity index (χ1n) is 13.4. The highest BCUT2D eigenvalue weighted by Gasteiger charge is 2.42. The minimum atomic E-state index is -2.01. The molecule has 0 spiro atoms. The highest BCUT2D eigenvalue weighted by molar-refractivity contribution is 5.85. The van der Waals surface area contributed by atoms with Crippen LogP contribution in [0.15, 0.2) is 84.9 Å². The number of benzene rings is 3. The van der Waals surface area contributed by atoms with Gasteiger partial charge in [0.05, 0.1) is 6.61 Å². The van der Waals surface area contributed by atoms with E-state index in [4.69, 9.17) is 14.2 Å². The van der Waals surface area contributed by atoms with Crippen LogP contribution in [0.1, 0.15) is 50.3 Å². The molecule has 1 N–H and O–H groups in total. The van der Waals surface area contributed by atoms with E-state index >= 15 is 0 Å². The Morgan fingerprint density at radius 3 is 2.13 bits per heavy atom. The van der Waals surface area contributed by atoms with Crippen LogP contribution in [0.2, 0.25) is 0 Å². The molecule has 1 aliphatic heterocycles. The average molecular weight is 532 g/mol. The standard InChI is InChI=1S/C32H37NO6/c1-31(2,3)39-30(35)33-19-17-25(18-20-33)23-38-29(34)32(36,26-13-8-5-9-14-26)27-15-10-16-28(21-27)37-22-24-11-6-4-7-12-24/h4-16,21,25,36H,17-20,22-23H2,1-3H3. The van der Waals surface area contributed by atoms with Crippen LogP contribution in [-0.4, -0.2) is 47.4 Å². The van der Waals surface area contributed by atoms with E-state index in [-0.39, 0.29) is 18.6 Å². The first kappa shape index (κ1) is 28.2. The average Bonchev–Trinajstić information content (AvgIpc) is 2.95. The number of aliphatic hydroxyl groups is 1. The van der Waals surface area contributed by atoms with Gasteiger partial charge in [0.25, 0.3) is 0 Å². The Hall–Kier alpha value is -3.84. The van der Waals surface area contributed by atoms with Gasteiger partial charge in [-0.3, -0.25) is 0 Å². The molecule has 7 heteroatoms. The van der Waals surface area contributed by atoms with E-state index in [9.17, 15) is 14.7 Å². The summed E-state index contributed by atoms with van der Waals surface area (Å²) < 4.78 is 17.2. The lowest BCUT2D eigenvalue weighted by Gasteiger charge is -2.34. The number of esters is 1. The van der Waals surface area contributed by atoms with E-state index in [0.717, 1.165) is 5.56 Å². The second kappa shape index (κ2) is 12.3. The number of ether oxygens (including phenoxy) is 3. The highest BCUT2D eigenvalue weighted by Crippen LogP contribution is 2.34. The number of amides is 1. The van der Waals surface area contributed by atoms with Crippen molar-refractivity contribution in [2.45, 2.75) is 51.4 Å². The van der Waals surface area contributed by atoms with Gasteiger partial charge in [0.15, 0.2) is 0 Å². The Morgan fingerprint density at radius 1 is 0.872 bits per heavy atom. The van der Waals surface area contributed by atoms with E-state index in [1.54, 1.807) is 53.4 Å². The second-order valence-electron chi connectivity index (χ2n) is 10.9. The van der Waals surface area contributed by atoms with Gasteiger partial charge in [-0.05, 0) is 62.8 Å². The van der Waals surface area contributed by atoms with Crippen molar-refractivity contribution in [2.75, 3.05) is 19.7 Å². The van der Waals surface area contributed by atoms with E-state index in [2.05, 4.69) is 0 Å². The number of rotatable bonds is 8. The van der Waals surface area contributed by atoms with Crippen LogP contribution in [0.25, 0.3) is 0 Å². The quantitative estimate of drug-likeness (QED) is 0.376. The number of hydrogen-bond acceptors (Lipinski definition) is 6. The summed E-state index contributed by atoms with van der Waals surface area (Å²) >= 11 is 0. The maximum atomic E-state index is 13.5. The number of hydrogen-bond donors (Lipinski definition) is 1. The normalized spacial score (nSPS) is 15.7. The van der Waals surface area contributed by atoms with Crippen molar-refractivity contribution < 1.29 is 28.9 Å². The molecular formula is C32H37NO6. The molecule has 39 heavy (non-hydrogen) atoms. The van der Waals surface area contributed by atoms with Crippen LogP contribution in [0.3, 0.4) is 0 Å². The maximum Gasteiger partial charge on any atom is 0.410 e. The molecule has 1 saturated heterocycles. The van der Waals surface area contributed by atoms with E-state index in [1.807, 2.05) is 57.2 Å². The monoisotopic (exact) mass is 531 g/mol. The van der Waals surface area contributed by atoms with Gasteiger partial charge in [-0.25, -0.2) is 9.59 Å². The molecule has 7 nitrogen and oxygen atoms in total. The van der Waals surface area contributed by atoms with E-state index < -0.39 is 17.2 Å². The predicted molar refractivity (Wildman–Crippen MR) is 148 cm³/mol. The first-order chi connectivity index (χ1) is 18.6. The molecule has 1 atom stereocenters. The Balaban J connectivity index is 1.44. The van der Waals surface area contributed by atoms with Gasteiger partial charge >= 0.3 is 12.1 Å². The molecule has 0 aromatic heterocycles. The Labute approximate surface area is 230 Å². The van der Waals surface area contributed by atoms with Gasteiger partial charge in [-0.15, -0.1) is 0 Å². The van der Waals surface area contributed by atoms with E-state index in [1.165, 1.54) is 0 Å². The van der Waals surface area contributed by atoms with Crippen LogP contribution in [0.4, 0.5) is 4.79 Å². The smallest absolute Gasteiger partial charge is 0.410 e. The third kappa shape index (κ3) is 7.39. The number of nitrogens with zero attached hydrogens (tertiary/aromatic N) is 1. The number of carbonyl (C=O) groups excluding carboxylic acids is 2. The lowest BCUT2D eigenvalue weighted by molar-refractivity contribution is -0.164. The zero-order valence-electron chi connectivity index (χ0n) is 22.8. The summed E-state index contributed by atoms with van der Waals surface area (Å²) in [6.07, 6.45) is 1.03. The molecule has 4 rings (SSSR count). The number of piperidine rings is 1. The molecule has 0 aliphatic carbocycles. The lowest BCUT2D eigenvalue weighted by Crippen LogP contribution is -2.43. The van der Waals surface area contributed by atoms with Gasteiger partial charge in [-0.2, -0.15) is 0 Å².